The van der Waals surface area contributed by atoms with Crippen LogP contribution in [-0.4, -0.2) is 82.4 Å². The first-order valence-electron chi connectivity index (χ1n) is 19.5. The Balaban J connectivity index is 0.000000176. The number of ether oxygens (including phenoxy) is 1. The fourth-order valence-corrected chi connectivity index (χ4v) is 7.53. The first kappa shape index (κ1) is 45.2. The number of amides is 8. The standard InChI is InChI=1S/C23H19N5O3.C14H14N4O2.C7H4ClNO4/c1-2-16-6-5-8-18(14-16)25-21(30)27-12-10-23(11-13-27)20(29)28(22(31)26-23)19-9-4-3-7-17(19)15-24;15-9-10-3-1-2-4-11(10)18-12(19)14(17-13(18)20)5-7-16-8-6-14;8-7(10)13-6-3-1-5(2-4-6)9(11)12/h1,3-9,14H,10-13H2,(H,25,30)(H,26,31);1-4,16H,5-8H2,(H,17,20);1-4H. The third kappa shape index (κ3) is 9.74. The number of terminal acetylenes is 1. The summed E-state index contributed by atoms with van der Waals surface area (Å²) in [5.74, 6) is 2.03. The van der Waals surface area contributed by atoms with Gasteiger partial charge in [-0.3, -0.25) is 19.7 Å². The molecule has 4 aromatic rings. The van der Waals surface area contributed by atoms with Crippen LogP contribution in [-0.2, 0) is 9.59 Å². The lowest BCUT2D eigenvalue weighted by atomic mass is 9.87. The molecule has 0 aromatic heterocycles. The zero-order chi connectivity index (χ0) is 46.0. The van der Waals surface area contributed by atoms with Gasteiger partial charge in [0.15, 0.2) is 0 Å². The molecule has 8 amide bonds. The molecule has 0 unspecified atom stereocenters. The first-order chi connectivity index (χ1) is 30.7. The summed E-state index contributed by atoms with van der Waals surface area (Å²) in [6.07, 6.45) is 7.09. The van der Waals surface area contributed by atoms with Gasteiger partial charge in [0, 0.05) is 48.1 Å². The maximum Gasteiger partial charge on any atom is 0.409 e. The minimum absolute atomic E-state index is 0.0747. The van der Waals surface area contributed by atoms with Gasteiger partial charge in [-0.2, -0.15) is 10.5 Å². The van der Waals surface area contributed by atoms with Crippen molar-refractivity contribution in [3.8, 4) is 30.2 Å². The molecule has 4 N–H and O–H groups in total. The van der Waals surface area contributed by atoms with Crippen LogP contribution in [0.2, 0.25) is 0 Å². The van der Waals surface area contributed by atoms with Crippen LogP contribution >= 0.6 is 11.6 Å². The van der Waals surface area contributed by atoms with Crippen LogP contribution in [0.4, 0.5) is 41.9 Å². The number of nitriles is 2. The van der Waals surface area contributed by atoms with E-state index in [1.54, 1.807) is 77.7 Å². The minimum Gasteiger partial charge on any atom is -0.414 e. The number of nitrogens with one attached hydrogen (secondary N) is 4. The van der Waals surface area contributed by atoms with E-state index in [0.29, 0.717) is 61.5 Å². The average Bonchev–Trinajstić information content (AvgIpc) is 3.68. The molecule has 0 bridgehead atoms. The second-order valence-electron chi connectivity index (χ2n) is 14.5. The molecular weight excluding hydrogens is 848 g/mol. The summed E-state index contributed by atoms with van der Waals surface area (Å²) >= 11 is 4.92. The number of nitro benzene ring substituents is 1. The first-order valence-corrected chi connectivity index (χ1v) is 19.9. The molecule has 4 saturated heterocycles. The van der Waals surface area contributed by atoms with Crippen LogP contribution in [0.25, 0.3) is 0 Å². The lowest BCUT2D eigenvalue weighted by Gasteiger charge is -2.37. The van der Waals surface area contributed by atoms with Gasteiger partial charge in [-0.25, -0.2) is 29.0 Å². The topological polar surface area (TPSA) is 260 Å². The zero-order valence-electron chi connectivity index (χ0n) is 33.7. The molecule has 0 atom stereocenters. The van der Waals surface area contributed by atoms with Crippen molar-refractivity contribution in [1.82, 2.24) is 20.9 Å². The van der Waals surface area contributed by atoms with Crippen molar-refractivity contribution in [3.05, 3.63) is 124 Å². The van der Waals surface area contributed by atoms with Gasteiger partial charge in [-0.15, -0.1) is 6.42 Å². The smallest absolute Gasteiger partial charge is 0.409 e. The van der Waals surface area contributed by atoms with Gasteiger partial charge in [0.05, 0.1) is 27.4 Å². The second kappa shape index (κ2) is 19.6. The number of imide groups is 2. The third-order valence-corrected chi connectivity index (χ3v) is 10.8. The van der Waals surface area contributed by atoms with Crippen molar-refractivity contribution in [3.63, 3.8) is 0 Å². The highest BCUT2D eigenvalue weighted by atomic mass is 35.5. The lowest BCUT2D eigenvalue weighted by molar-refractivity contribution is -0.384. The quantitative estimate of drug-likeness (QED) is 0.0616. The lowest BCUT2D eigenvalue weighted by Crippen LogP contribution is -2.56. The number of nitro groups is 1. The molecule has 4 aromatic carbocycles. The van der Waals surface area contributed by atoms with Crippen LogP contribution in [0, 0.1) is 45.1 Å². The summed E-state index contributed by atoms with van der Waals surface area (Å²) in [5, 5.41) is 40.2. The second-order valence-corrected chi connectivity index (χ2v) is 14.9. The van der Waals surface area contributed by atoms with E-state index in [-0.39, 0.29) is 47.5 Å². The number of hydrogen-bond donors (Lipinski definition) is 4. The Kier molecular flexibility index (Phi) is 13.8. The predicted molar refractivity (Wildman–Crippen MR) is 231 cm³/mol. The Bertz CT molecular complexity index is 2640. The number of non-ortho nitro benzene ring substituents is 1. The molecule has 64 heavy (non-hydrogen) atoms. The normalized spacial score (nSPS) is 16.7. The number of hydrogen-bond acceptors (Lipinski definition) is 12. The third-order valence-electron chi connectivity index (χ3n) is 10.7. The van der Waals surface area contributed by atoms with E-state index in [1.165, 1.54) is 24.3 Å². The van der Waals surface area contributed by atoms with E-state index in [9.17, 15) is 44.1 Å². The van der Waals surface area contributed by atoms with E-state index in [1.807, 2.05) is 12.1 Å². The predicted octanol–water partition coefficient (Wildman–Crippen LogP) is 5.73. The van der Waals surface area contributed by atoms with Gasteiger partial charge in [0.2, 0.25) is 0 Å². The summed E-state index contributed by atoms with van der Waals surface area (Å²) in [5.41, 5.74) is -0.521. The molecule has 8 rings (SSSR count). The van der Waals surface area contributed by atoms with Crippen LogP contribution in [0.3, 0.4) is 0 Å². The molecular formula is C44H37ClN10O9. The van der Waals surface area contributed by atoms with E-state index < -0.39 is 39.4 Å². The number of carbonyl (C=O) groups is 6. The van der Waals surface area contributed by atoms with Crippen LogP contribution in [0.5, 0.6) is 5.75 Å². The van der Waals surface area contributed by atoms with Crippen molar-refractivity contribution < 1.29 is 38.4 Å². The maximum atomic E-state index is 13.2. The Labute approximate surface area is 370 Å². The fraction of sp³-hybridized carbons (Fsp3) is 0.227. The molecule has 4 aliphatic heterocycles. The van der Waals surface area contributed by atoms with Crippen molar-refractivity contribution in [2.45, 2.75) is 36.8 Å². The van der Waals surface area contributed by atoms with Gasteiger partial charge in [-0.05, 0) is 93.4 Å². The summed E-state index contributed by atoms with van der Waals surface area (Å²) in [6.45, 7) is 1.97. The van der Waals surface area contributed by atoms with Gasteiger partial charge in [0.1, 0.15) is 29.0 Å². The van der Waals surface area contributed by atoms with Crippen LogP contribution in [0.1, 0.15) is 42.4 Å². The monoisotopic (exact) mass is 884 g/mol. The molecule has 19 nitrogen and oxygen atoms in total. The minimum atomic E-state index is -1.08. The summed E-state index contributed by atoms with van der Waals surface area (Å²) in [7, 11) is 0. The summed E-state index contributed by atoms with van der Waals surface area (Å²) in [4.78, 5) is 86.9. The van der Waals surface area contributed by atoms with Crippen molar-refractivity contribution in [2.75, 3.05) is 41.3 Å². The van der Waals surface area contributed by atoms with Gasteiger partial charge < -0.3 is 30.9 Å². The number of benzene rings is 4. The molecule has 4 fully saturated rings. The number of carbonyl (C=O) groups excluding carboxylic acids is 6. The van der Waals surface area contributed by atoms with Crippen LogP contribution in [0.15, 0.2) is 97.1 Å². The Morgan fingerprint density at radius 2 is 1.28 bits per heavy atom. The number of rotatable bonds is 5. The number of likely N-dealkylation sites (tertiary alicyclic amines) is 1. The van der Waals surface area contributed by atoms with Gasteiger partial charge in [0.25, 0.3) is 17.5 Å². The molecule has 20 heteroatoms. The molecule has 324 valence electrons. The number of anilines is 3. The average molecular weight is 885 g/mol. The molecule has 4 heterocycles. The number of urea groups is 3. The highest BCUT2D eigenvalue weighted by molar-refractivity contribution is 6.61. The largest absolute Gasteiger partial charge is 0.414 e. The van der Waals surface area contributed by atoms with Gasteiger partial charge >= 0.3 is 23.5 Å². The number of para-hydroxylation sites is 2. The zero-order valence-corrected chi connectivity index (χ0v) is 34.5. The number of piperidine rings is 2. The van der Waals surface area contributed by atoms with Gasteiger partial charge in [-0.1, -0.05) is 36.3 Å². The SMILES string of the molecule is C#Cc1cccc(NC(=O)N2CCC3(CC2)NC(=O)N(c2ccccc2C#N)C3=O)c1.N#Cc1ccccc1N1C(=O)NC2(CCNCC2)C1=O.O=C(Cl)Oc1ccc([N+](=O)[O-])cc1. The van der Waals surface area contributed by atoms with Crippen molar-refractivity contribution >= 4 is 69.7 Å². The molecule has 0 aliphatic carbocycles. The van der Waals surface area contributed by atoms with Crippen molar-refractivity contribution in [1.29, 1.82) is 10.5 Å². The summed E-state index contributed by atoms with van der Waals surface area (Å²) in [6, 6.07) is 27.8. The molecule has 2 spiro atoms. The Morgan fingerprint density at radius 1 is 0.766 bits per heavy atom. The fourth-order valence-electron chi connectivity index (χ4n) is 7.45. The van der Waals surface area contributed by atoms with E-state index in [4.69, 9.17) is 23.3 Å². The van der Waals surface area contributed by atoms with Crippen molar-refractivity contribution in [2.24, 2.45) is 0 Å². The highest BCUT2D eigenvalue weighted by Crippen LogP contribution is 2.35. The summed E-state index contributed by atoms with van der Waals surface area (Å²) < 4.78 is 4.45. The number of nitrogens with zero attached hydrogens (tertiary/aromatic N) is 6. The Hall–Kier alpha value is -8.31. The van der Waals surface area contributed by atoms with Crippen LogP contribution < -0.4 is 35.8 Å². The van der Waals surface area contributed by atoms with E-state index in [2.05, 4.69) is 31.9 Å². The molecule has 0 radical (unpaired) electrons. The number of halogens is 1. The molecule has 0 saturated carbocycles. The highest BCUT2D eigenvalue weighted by Gasteiger charge is 2.54. The van der Waals surface area contributed by atoms with E-state index >= 15 is 0 Å². The Morgan fingerprint density at radius 3 is 1.77 bits per heavy atom. The molecule has 4 aliphatic rings. The van der Waals surface area contributed by atoms with E-state index in [0.717, 1.165) is 9.80 Å². The maximum absolute atomic E-state index is 13.2.